The summed E-state index contributed by atoms with van der Waals surface area (Å²) >= 11 is 4.98. The van der Waals surface area contributed by atoms with Gasteiger partial charge in [-0.3, -0.25) is 4.79 Å². The van der Waals surface area contributed by atoms with Crippen molar-refractivity contribution in [3.05, 3.63) is 24.2 Å². The highest BCUT2D eigenvalue weighted by Crippen LogP contribution is 2.14. The van der Waals surface area contributed by atoms with Gasteiger partial charge in [-0.05, 0) is 25.5 Å². The molecule has 2 N–H and O–H groups in total. The summed E-state index contributed by atoms with van der Waals surface area (Å²) in [5, 5.41) is 0. The van der Waals surface area contributed by atoms with Crippen LogP contribution in [0.4, 0.5) is 0 Å². The molecule has 1 rings (SSSR count). The van der Waals surface area contributed by atoms with E-state index in [-0.39, 0.29) is 16.8 Å². The first-order valence-electron chi connectivity index (χ1n) is 6.20. The minimum absolute atomic E-state index is 0.0109. The molecule has 0 aromatic carbocycles. The molecular formula is C13H20N2O2S. The second kappa shape index (κ2) is 7.16. The van der Waals surface area contributed by atoms with Crippen molar-refractivity contribution in [1.82, 2.24) is 4.90 Å². The topological polar surface area (TPSA) is 59.5 Å². The zero-order valence-corrected chi connectivity index (χ0v) is 11.7. The Hall–Kier alpha value is -1.36. The molecule has 0 spiro atoms. The van der Waals surface area contributed by atoms with Gasteiger partial charge in [-0.25, -0.2) is 0 Å². The number of nitrogens with zero attached hydrogens (tertiary/aromatic N) is 1. The third-order valence-electron chi connectivity index (χ3n) is 2.84. The second-order valence-corrected chi connectivity index (χ2v) is 4.65. The quantitative estimate of drug-likeness (QED) is 0.771. The van der Waals surface area contributed by atoms with Crippen LogP contribution < -0.4 is 5.73 Å². The average Bonchev–Trinajstić information content (AvgIpc) is 2.84. The molecule has 0 saturated heterocycles. The first kappa shape index (κ1) is 14.7. The number of rotatable bonds is 7. The minimum atomic E-state index is -0.361. The van der Waals surface area contributed by atoms with Gasteiger partial charge >= 0.3 is 0 Å². The summed E-state index contributed by atoms with van der Waals surface area (Å²) in [4.78, 5) is 14.3. The number of furan rings is 1. The van der Waals surface area contributed by atoms with E-state index in [0.29, 0.717) is 19.5 Å². The highest BCUT2D eigenvalue weighted by atomic mass is 32.1. The molecule has 4 nitrogen and oxygen atoms in total. The summed E-state index contributed by atoms with van der Waals surface area (Å²) in [7, 11) is 0. The van der Waals surface area contributed by atoms with E-state index < -0.39 is 0 Å². The van der Waals surface area contributed by atoms with Crippen molar-refractivity contribution in [2.24, 2.45) is 11.7 Å². The van der Waals surface area contributed by atoms with Crippen LogP contribution in [0.5, 0.6) is 0 Å². The van der Waals surface area contributed by atoms with E-state index in [0.717, 1.165) is 12.2 Å². The molecule has 1 atom stereocenters. The molecule has 0 aliphatic heterocycles. The van der Waals surface area contributed by atoms with E-state index in [2.05, 4.69) is 0 Å². The Labute approximate surface area is 113 Å². The molecule has 1 heterocycles. The van der Waals surface area contributed by atoms with E-state index in [1.165, 1.54) is 0 Å². The molecule has 0 radical (unpaired) electrons. The number of carbonyl (C=O) groups is 1. The predicted octanol–water partition coefficient (Wildman–Crippen LogP) is 2.33. The lowest BCUT2D eigenvalue weighted by atomic mass is 10.0. The van der Waals surface area contributed by atoms with E-state index in [1.807, 2.05) is 26.0 Å². The van der Waals surface area contributed by atoms with Gasteiger partial charge in [-0.2, -0.15) is 0 Å². The fraction of sp³-hybridized carbons (Fsp3) is 0.538. The SMILES string of the molecule is CCCC(C(=O)N(CC)Cc1ccco1)C(N)=S. The lowest BCUT2D eigenvalue weighted by molar-refractivity contribution is -0.134. The smallest absolute Gasteiger partial charge is 0.232 e. The summed E-state index contributed by atoms with van der Waals surface area (Å²) in [5.74, 6) is 0.395. The van der Waals surface area contributed by atoms with Gasteiger partial charge in [0.1, 0.15) is 5.76 Å². The van der Waals surface area contributed by atoms with E-state index in [4.69, 9.17) is 22.4 Å². The van der Waals surface area contributed by atoms with Crippen LogP contribution in [0.15, 0.2) is 22.8 Å². The van der Waals surface area contributed by atoms with Crippen LogP contribution in [0.25, 0.3) is 0 Å². The molecule has 0 saturated carbocycles. The van der Waals surface area contributed by atoms with Crippen molar-refractivity contribution in [2.45, 2.75) is 33.2 Å². The summed E-state index contributed by atoms with van der Waals surface area (Å²) < 4.78 is 5.26. The number of amides is 1. The minimum Gasteiger partial charge on any atom is -0.467 e. The highest BCUT2D eigenvalue weighted by Gasteiger charge is 2.25. The molecule has 1 aromatic rings. The van der Waals surface area contributed by atoms with Crippen molar-refractivity contribution in [3.63, 3.8) is 0 Å². The molecule has 1 amide bonds. The van der Waals surface area contributed by atoms with Crippen LogP contribution in [0.2, 0.25) is 0 Å². The normalized spacial score (nSPS) is 12.1. The molecule has 0 bridgehead atoms. The maximum atomic E-state index is 12.3. The summed E-state index contributed by atoms with van der Waals surface area (Å²) in [5.41, 5.74) is 5.65. The van der Waals surface area contributed by atoms with Gasteiger partial charge in [0.25, 0.3) is 0 Å². The van der Waals surface area contributed by atoms with Crippen LogP contribution in [0.1, 0.15) is 32.4 Å². The first-order chi connectivity index (χ1) is 8.60. The Balaban J connectivity index is 2.73. The van der Waals surface area contributed by atoms with Gasteiger partial charge in [-0.15, -0.1) is 0 Å². The maximum Gasteiger partial charge on any atom is 0.232 e. The van der Waals surface area contributed by atoms with Crippen LogP contribution in [-0.4, -0.2) is 22.3 Å². The van der Waals surface area contributed by atoms with Gasteiger partial charge in [0.2, 0.25) is 5.91 Å². The van der Waals surface area contributed by atoms with Crippen molar-refractivity contribution in [2.75, 3.05) is 6.54 Å². The van der Waals surface area contributed by atoms with E-state index in [9.17, 15) is 4.79 Å². The lowest BCUT2D eigenvalue weighted by Gasteiger charge is -2.24. The molecule has 5 heteroatoms. The summed E-state index contributed by atoms with van der Waals surface area (Å²) in [6, 6.07) is 3.66. The van der Waals surface area contributed by atoms with Gasteiger partial charge in [0.05, 0.1) is 23.7 Å². The molecular weight excluding hydrogens is 248 g/mol. The molecule has 100 valence electrons. The summed E-state index contributed by atoms with van der Waals surface area (Å²) in [6.07, 6.45) is 3.18. The molecule has 0 fully saturated rings. The van der Waals surface area contributed by atoms with Crippen molar-refractivity contribution >= 4 is 23.1 Å². The van der Waals surface area contributed by atoms with E-state index in [1.54, 1.807) is 11.2 Å². The molecule has 0 aliphatic rings. The van der Waals surface area contributed by atoms with Gasteiger partial charge in [0, 0.05) is 6.54 Å². The van der Waals surface area contributed by atoms with Crippen molar-refractivity contribution in [1.29, 1.82) is 0 Å². The van der Waals surface area contributed by atoms with Crippen LogP contribution >= 0.6 is 12.2 Å². The van der Waals surface area contributed by atoms with Gasteiger partial charge in [0.15, 0.2) is 0 Å². The Morgan fingerprint density at radius 3 is 2.72 bits per heavy atom. The Morgan fingerprint density at radius 2 is 2.28 bits per heavy atom. The predicted molar refractivity (Wildman–Crippen MR) is 75.0 cm³/mol. The lowest BCUT2D eigenvalue weighted by Crippen LogP contribution is -2.40. The zero-order valence-electron chi connectivity index (χ0n) is 10.9. The Bertz CT molecular complexity index is 390. The molecule has 1 aromatic heterocycles. The Kier molecular flexibility index (Phi) is 5.85. The molecule has 18 heavy (non-hydrogen) atoms. The fourth-order valence-corrected chi connectivity index (χ4v) is 2.05. The number of carbonyl (C=O) groups excluding carboxylic acids is 1. The number of thiocarbonyl (C=S) groups is 1. The maximum absolute atomic E-state index is 12.3. The van der Waals surface area contributed by atoms with Crippen molar-refractivity contribution in [3.8, 4) is 0 Å². The monoisotopic (exact) mass is 268 g/mol. The number of hydrogen-bond donors (Lipinski definition) is 1. The summed E-state index contributed by atoms with van der Waals surface area (Å²) in [6.45, 7) is 5.03. The first-order valence-corrected chi connectivity index (χ1v) is 6.61. The highest BCUT2D eigenvalue weighted by molar-refractivity contribution is 7.80. The fourth-order valence-electron chi connectivity index (χ4n) is 1.83. The number of hydrogen-bond acceptors (Lipinski definition) is 3. The largest absolute Gasteiger partial charge is 0.467 e. The van der Waals surface area contributed by atoms with Gasteiger partial charge in [-0.1, -0.05) is 25.6 Å². The van der Waals surface area contributed by atoms with Gasteiger partial charge < -0.3 is 15.1 Å². The van der Waals surface area contributed by atoms with Crippen LogP contribution in [-0.2, 0) is 11.3 Å². The zero-order chi connectivity index (χ0) is 13.5. The average molecular weight is 268 g/mol. The van der Waals surface area contributed by atoms with E-state index >= 15 is 0 Å². The standard InChI is InChI=1S/C13H20N2O2S/c1-3-6-11(12(14)18)13(16)15(4-2)9-10-7-5-8-17-10/h5,7-8,11H,3-4,6,9H2,1-2H3,(H2,14,18). The van der Waals surface area contributed by atoms with Crippen LogP contribution in [0, 0.1) is 5.92 Å². The van der Waals surface area contributed by atoms with Crippen LogP contribution in [0.3, 0.4) is 0 Å². The van der Waals surface area contributed by atoms with Crippen molar-refractivity contribution < 1.29 is 9.21 Å². The molecule has 0 aliphatic carbocycles. The third kappa shape index (κ3) is 3.84. The molecule has 1 unspecified atom stereocenters. The Morgan fingerprint density at radius 1 is 1.56 bits per heavy atom. The number of nitrogens with two attached hydrogens (primary N) is 1. The second-order valence-electron chi connectivity index (χ2n) is 4.18. The third-order valence-corrected chi connectivity index (χ3v) is 3.12.